The minimum Gasteiger partial charge on any atom is -0.497 e. The van der Waals surface area contributed by atoms with Crippen LogP contribution in [0.25, 0.3) is 0 Å². The van der Waals surface area contributed by atoms with Crippen molar-refractivity contribution >= 4 is 23.6 Å². The topological polar surface area (TPSA) is 135 Å². The van der Waals surface area contributed by atoms with Crippen molar-refractivity contribution < 1.29 is 23.8 Å². The van der Waals surface area contributed by atoms with Gasteiger partial charge in [-0.05, 0) is 57.7 Å². The molecule has 1 aliphatic rings. The van der Waals surface area contributed by atoms with Gasteiger partial charge in [-0.3, -0.25) is 9.89 Å². The largest absolute Gasteiger partial charge is 0.497 e. The van der Waals surface area contributed by atoms with Crippen molar-refractivity contribution in [1.82, 2.24) is 25.1 Å². The van der Waals surface area contributed by atoms with E-state index in [1.54, 1.807) is 38.4 Å². The predicted molar refractivity (Wildman–Crippen MR) is 150 cm³/mol. The first-order valence-corrected chi connectivity index (χ1v) is 13.1. The number of aromatic amines is 1. The molecule has 1 unspecified atom stereocenters. The third-order valence-electron chi connectivity index (χ3n) is 6.55. The number of carbonyl (C=O) groups excluding carboxylic acids is 2. The van der Waals surface area contributed by atoms with Crippen LogP contribution in [-0.4, -0.2) is 83.1 Å². The molecule has 3 heterocycles. The van der Waals surface area contributed by atoms with Gasteiger partial charge in [0.05, 0.1) is 38.3 Å². The van der Waals surface area contributed by atoms with E-state index in [4.69, 9.17) is 14.2 Å². The number of hydrogen-bond donors (Lipinski definition) is 2. The number of aryl methyl sites for hydroxylation is 2. The summed E-state index contributed by atoms with van der Waals surface area (Å²) in [4.78, 5) is 37.6. The van der Waals surface area contributed by atoms with Crippen LogP contribution in [0.3, 0.4) is 0 Å². The van der Waals surface area contributed by atoms with Crippen LogP contribution in [-0.2, 0) is 17.6 Å². The number of benzene rings is 1. The van der Waals surface area contributed by atoms with E-state index in [2.05, 4.69) is 25.5 Å². The molecule has 2 N–H and O–H groups in total. The number of H-pyrrole nitrogens is 1. The zero-order valence-corrected chi connectivity index (χ0v) is 23.9. The average molecular weight is 552 g/mol. The summed E-state index contributed by atoms with van der Waals surface area (Å²) < 4.78 is 16.1. The number of rotatable bonds is 9. The van der Waals surface area contributed by atoms with Crippen molar-refractivity contribution in [3.05, 3.63) is 53.6 Å². The third-order valence-corrected chi connectivity index (χ3v) is 6.55. The maximum Gasteiger partial charge on any atom is 0.410 e. The normalized spacial score (nSPS) is 15.1. The molecule has 214 valence electrons. The quantitative estimate of drug-likeness (QED) is 0.408. The smallest absolute Gasteiger partial charge is 0.410 e. The molecule has 12 heteroatoms. The first-order chi connectivity index (χ1) is 19.0. The summed E-state index contributed by atoms with van der Waals surface area (Å²) in [5.74, 6) is 2.19. The lowest BCUT2D eigenvalue weighted by molar-refractivity contribution is 0.0237. The van der Waals surface area contributed by atoms with Gasteiger partial charge < -0.3 is 29.3 Å². The Bertz CT molecular complexity index is 1300. The molecular formula is C28H37N7O5. The Morgan fingerprint density at radius 3 is 2.42 bits per heavy atom. The minimum absolute atomic E-state index is 0.000137. The van der Waals surface area contributed by atoms with E-state index in [-0.39, 0.29) is 17.8 Å². The summed E-state index contributed by atoms with van der Waals surface area (Å²) in [5, 5.41) is 9.94. The number of carbonyl (C=O) groups is 2. The molecule has 4 rings (SSSR count). The Balaban J connectivity index is 1.29. The predicted octanol–water partition coefficient (Wildman–Crippen LogP) is 3.70. The van der Waals surface area contributed by atoms with E-state index >= 15 is 0 Å². The fourth-order valence-corrected chi connectivity index (χ4v) is 4.38. The van der Waals surface area contributed by atoms with Crippen LogP contribution in [0.4, 0.5) is 16.4 Å². The zero-order chi connectivity index (χ0) is 28.9. The number of nitrogens with zero attached hydrogens (tertiary/aromatic N) is 5. The Labute approximate surface area is 234 Å². The lowest BCUT2D eigenvalue weighted by Crippen LogP contribution is -2.42. The summed E-state index contributed by atoms with van der Waals surface area (Å²) >= 11 is 0. The molecule has 1 aliphatic heterocycles. The molecule has 1 fully saturated rings. The van der Waals surface area contributed by atoms with E-state index in [0.717, 1.165) is 42.1 Å². The number of ether oxygens (including phenoxy) is 3. The molecule has 0 radical (unpaired) electrons. The van der Waals surface area contributed by atoms with Gasteiger partial charge >= 0.3 is 6.09 Å². The van der Waals surface area contributed by atoms with Gasteiger partial charge in [-0.15, -0.1) is 0 Å². The van der Waals surface area contributed by atoms with E-state index < -0.39 is 11.5 Å². The highest BCUT2D eigenvalue weighted by atomic mass is 16.6. The van der Waals surface area contributed by atoms with Gasteiger partial charge in [-0.25, -0.2) is 14.8 Å². The molecule has 12 nitrogen and oxygen atoms in total. The van der Waals surface area contributed by atoms with Gasteiger partial charge in [0.1, 0.15) is 34.4 Å². The SMILES string of the molecule is COc1cc(CCc2cc(NC(=O)c3cnc(N4CCC(N(C)C(=O)OC(C)(C)C)C4)cn3)[nH]n2)cc(OC)c1. The van der Waals surface area contributed by atoms with E-state index in [0.29, 0.717) is 24.6 Å². The highest BCUT2D eigenvalue weighted by molar-refractivity contribution is 6.02. The number of nitrogens with one attached hydrogen (secondary N) is 2. The summed E-state index contributed by atoms with van der Waals surface area (Å²) in [5.41, 5.74) is 1.50. The maximum atomic E-state index is 12.7. The van der Waals surface area contributed by atoms with E-state index in [1.165, 1.54) is 6.20 Å². The number of aromatic nitrogens is 4. The molecule has 40 heavy (non-hydrogen) atoms. The van der Waals surface area contributed by atoms with Gasteiger partial charge in [0.2, 0.25) is 0 Å². The molecule has 1 atom stereocenters. The van der Waals surface area contributed by atoms with Gasteiger partial charge in [-0.2, -0.15) is 5.10 Å². The second-order valence-electron chi connectivity index (χ2n) is 10.7. The molecule has 2 amide bonds. The lowest BCUT2D eigenvalue weighted by atomic mass is 10.1. The maximum absolute atomic E-state index is 12.7. The Hall–Kier alpha value is -4.35. The zero-order valence-electron chi connectivity index (χ0n) is 23.9. The highest BCUT2D eigenvalue weighted by Crippen LogP contribution is 2.24. The summed E-state index contributed by atoms with van der Waals surface area (Å²) in [6, 6.07) is 7.54. The van der Waals surface area contributed by atoms with Crippen molar-refractivity contribution in [2.24, 2.45) is 0 Å². The second kappa shape index (κ2) is 12.2. The number of anilines is 2. The van der Waals surface area contributed by atoms with E-state index in [1.807, 2.05) is 43.9 Å². The van der Waals surface area contributed by atoms with Crippen molar-refractivity contribution in [3.8, 4) is 11.5 Å². The van der Waals surface area contributed by atoms with Crippen LogP contribution in [0.1, 0.15) is 48.9 Å². The van der Waals surface area contributed by atoms with Crippen molar-refractivity contribution in [1.29, 1.82) is 0 Å². The molecule has 0 saturated carbocycles. The number of amides is 2. The molecule has 0 spiro atoms. The molecule has 1 aromatic carbocycles. The Kier molecular flexibility index (Phi) is 8.76. The van der Waals surface area contributed by atoms with Gasteiger partial charge in [0, 0.05) is 32.3 Å². The molecule has 1 saturated heterocycles. The van der Waals surface area contributed by atoms with Crippen LogP contribution >= 0.6 is 0 Å². The summed E-state index contributed by atoms with van der Waals surface area (Å²) in [6.07, 6.45) is 4.85. The van der Waals surface area contributed by atoms with Crippen LogP contribution < -0.4 is 19.7 Å². The van der Waals surface area contributed by atoms with Crippen molar-refractivity contribution in [2.75, 3.05) is 44.6 Å². The average Bonchev–Trinajstić information content (AvgIpc) is 3.60. The van der Waals surface area contributed by atoms with Crippen LogP contribution in [0.5, 0.6) is 11.5 Å². The minimum atomic E-state index is -0.547. The summed E-state index contributed by atoms with van der Waals surface area (Å²) in [7, 11) is 4.99. The molecule has 2 aromatic heterocycles. The van der Waals surface area contributed by atoms with Gasteiger partial charge in [0.25, 0.3) is 5.91 Å². The van der Waals surface area contributed by atoms with Crippen LogP contribution in [0.2, 0.25) is 0 Å². The first kappa shape index (κ1) is 28.7. The fraction of sp³-hybridized carbons (Fsp3) is 0.464. The van der Waals surface area contributed by atoms with Crippen LogP contribution in [0.15, 0.2) is 36.7 Å². The van der Waals surface area contributed by atoms with E-state index in [9.17, 15) is 9.59 Å². The van der Waals surface area contributed by atoms with Crippen LogP contribution in [0, 0.1) is 0 Å². The van der Waals surface area contributed by atoms with Crippen molar-refractivity contribution in [3.63, 3.8) is 0 Å². The second-order valence-corrected chi connectivity index (χ2v) is 10.7. The molecule has 3 aromatic rings. The monoisotopic (exact) mass is 551 g/mol. The number of likely N-dealkylation sites (N-methyl/N-ethyl adjacent to an activating group) is 1. The Morgan fingerprint density at radius 2 is 1.80 bits per heavy atom. The van der Waals surface area contributed by atoms with Gasteiger partial charge in [-0.1, -0.05) is 0 Å². The number of hydrogen-bond acceptors (Lipinski definition) is 9. The molecule has 0 bridgehead atoms. The first-order valence-electron chi connectivity index (χ1n) is 13.1. The molecule has 0 aliphatic carbocycles. The summed E-state index contributed by atoms with van der Waals surface area (Å²) in [6.45, 7) is 6.87. The Morgan fingerprint density at radius 1 is 1.07 bits per heavy atom. The van der Waals surface area contributed by atoms with Gasteiger partial charge in [0.15, 0.2) is 0 Å². The lowest BCUT2D eigenvalue weighted by Gasteiger charge is -2.28. The fourth-order valence-electron chi connectivity index (χ4n) is 4.38. The molecular weight excluding hydrogens is 514 g/mol. The third kappa shape index (κ3) is 7.39. The standard InChI is InChI=1S/C28H37N7O5/c1-28(2,3)40-27(37)34(4)20-9-10-35(17-20)25-16-29-23(15-30-25)26(36)31-24-13-19(32-33-24)8-7-18-11-21(38-5)14-22(12-18)39-6/h11-16,20H,7-10,17H2,1-6H3,(H2,31,32,33,36). The van der Waals surface area contributed by atoms with Crippen molar-refractivity contribution in [2.45, 2.75) is 51.7 Å². The highest BCUT2D eigenvalue weighted by Gasteiger charge is 2.31. The number of methoxy groups -OCH3 is 2.